The number of aliphatic carboxylic acids is 1. The van der Waals surface area contributed by atoms with Gasteiger partial charge >= 0.3 is 5.97 Å². The first-order valence-corrected chi connectivity index (χ1v) is 5.20. The smallest absolute Gasteiger partial charge is 0.329 e. The molecule has 2 rings (SSSR count). The van der Waals surface area contributed by atoms with E-state index in [0.29, 0.717) is 11.6 Å². The van der Waals surface area contributed by atoms with Crippen molar-refractivity contribution in [2.24, 2.45) is 0 Å². The van der Waals surface area contributed by atoms with E-state index in [9.17, 15) is 4.79 Å². The van der Waals surface area contributed by atoms with Gasteiger partial charge in [-0.3, -0.25) is 4.98 Å². The molecule has 18 heavy (non-hydrogen) atoms. The summed E-state index contributed by atoms with van der Waals surface area (Å²) in [5.74, 6) is -0.534. The van der Waals surface area contributed by atoms with Crippen molar-refractivity contribution in [2.45, 2.75) is 13.5 Å². The van der Waals surface area contributed by atoms with E-state index >= 15 is 0 Å². The third kappa shape index (κ3) is 2.89. The van der Waals surface area contributed by atoms with Crippen molar-refractivity contribution in [1.82, 2.24) is 15.2 Å². The summed E-state index contributed by atoms with van der Waals surface area (Å²) >= 11 is 0. The fourth-order valence-electron chi connectivity index (χ4n) is 1.34. The standard InChI is InChI=1S/C11H11N3O4/c1-7-3-2-4-12-10(7)11-14-13-8(18-11)5-17-6-9(15)16/h2-4H,5-6H2,1H3,(H,15,16). The Morgan fingerprint density at radius 2 is 2.33 bits per heavy atom. The number of aromatic nitrogens is 3. The van der Waals surface area contributed by atoms with Crippen LogP contribution < -0.4 is 0 Å². The molecule has 0 amide bonds. The topological polar surface area (TPSA) is 98.3 Å². The Morgan fingerprint density at radius 1 is 1.50 bits per heavy atom. The van der Waals surface area contributed by atoms with E-state index in [4.69, 9.17) is 14.3 Å². The summed E-state index contributed by atoms with van der Waals surface area (Å²) in [7, 11) is 0. The lowest BCUT2D eigenvalue weighted by Crippen LogP contribution is -2.06. The van der Waals surface area contributed by atoms with Crippen LogP contribution in [0.25, 0.3) is 11.6 Å². The minimum absolute atomic E-state index is 0.0365. The van der Waals surface area contributed by atoms with Gasteiger partial charge in [-0.1, -0.05) is 6.07 Å². The van der Waals surface area contributed by atoms with Crippen molar-refractivity contribution in [1.29, 1.82) is 0 Å². The van der Waals surface area contributed by atoms with Crippen molar-refractivity contribution >= 4 is 5.97 Å². The van der Waals surface area contributed by atoms with E-state index in [1.165, 1.54) is 0 Å². The Hall–Kier alpha value is -2.28. The van der Waals surface area contributed by atoms with Gasteiger partial charge in [-0.05, 0) is 18.6 Å². The van der Waals surface area contributed by atoms with Crippen molar-refractivity contribution in [3.8, 4) is 11.6 Å². The molecule has 0 bridgehead atoms. The number of carbonyl (C=O) groups is 1. The minimum atomic E-state index is -1.05. The highest BCUT2D eigenvalue weighted by Crippen LogP contribution is 2.18. The maximum Gasteiger partial charge on any atom is 0.329 e. The molecule has 0 saturated carbocycles. The van der Waals surface area contributed by atoms with E-state index < -0.39 is 12.6 Å². The normalized spacial score (nSPS) is 10.5. The summed E-state index contributed by atoms with van der Waals surface area (Å²) in [6.07, 6.45) is 1.63. The SMILES string of the molecule is Cc1cccnc1-c1nnc(COCC(=O)O)o1. The first-order chi connectivity index (χ1) is 8.66. The van der Waals surface area contributed by atoms with Crippen LogP contribution in [0.4, 0.5) is 0 Å². The number of rotatable bonds is 5. The summed E-state index contributed by atoms with van der Waals surface area (Å²) in [5, 5.41) is 16.0. The van der Waals surface area contributed by atoms with Crippen molar-refractivity contribution in [3.05, 3.63) is 29.8 Å². The molecule has 7 nitrogen and oxygen atoms in total. The molecule has 7 heteroatoms. The molecule has 0 aliphatic carbocycles. The van der Waals surface area contributed by atoms with Crippen LogP contribution in [0.1, 0.15) is 11.5 Å². The Kier molecular flexibility index (Phi) is 3.63. The van der Waals surface area contributed by atoms with Crippen molar-refractivity contribution < 1.29 is 19.1 Å². The van der Waals surface area contributed by atoms with Gasteiger partial charge in [-0.25, -0.2) is 4.79 Å². The number of aryl methyl sites for hydroxylation is 1. The molecule has 0 fully saturated rings. The maximum absolute atomic E-state index is 10.3. The first-order valence-electron chi connectivity index (χ1n) is 5.20. The van der Waals surface area contributed by atoms with Gasteiger partial charge in [0, 0.05) is 6.20 Å². The molecule has 0 unspecified atom stereocenters. The monoisotopic (exact) mass is 249 g/mol. The lowest BCUT2D eigenvalue weighted by molar-refractivity contribution is -0.142. The number of hydrogen-bond donors (Lipinski definition) is 1. The number of carboxylic acids is 1. The number of pyridine rings is 1. The lowest BCUT2D eigenvalue weighted by Gasteiger charge is -1.98. The molecule has 1 N–H and O–H groups in total. The third-order valence-corrected chi connectivity index (χ3v) is 2.13. The second-order valence-electron chi connectivity index (χ2n) is 3.56. The summed E-state index contributed by atoms with van der Waals surface area (Å²) in [6.45, 7) is 1.44. The van der Waals surface area contributed by atoms with Crippen LogP contribution in [-0.4, -0.2) is 32.9 Å². The largest absolute Gasteiger partial charge is 0.480 e. The molecule has 0 aliphatic heterocycles. The molecule has 0 spiro atoms. The van der Waals surface area contributed by atoms with Crippen LogP contribution in [0.15, 0.2) is 22.7 Å². The van der Waals surface area contributed by atoms with Crippen molar-refractivity contribution in [2.75, 3.05) is 6.61 Å². The van der Waals surface area contributed by atoms with E-state index in [1.807, 2.05) is 19.1 Å². The van der Waals surface area contributed by atoms with E-state index in [1.54, 1.807) is 6.20 Å². The van der Waals surface area contributed by atoms with Gasteiger partial charge in [0.1, 0.15) is 18.9 Å². The number of carboxylic acid groups (broad SMARTS) is 1. The molecular weight excluding hydrogens is 238 g/mol. The summed E-state index contributed by atoms with van der Waals surface area (Å²) < 4.78 is 10.2. The zero-order valence-electron chi connectivity index (χ0n) is 9.66. The van der Waals surface area contributed by atoms with Crippen LogP contribution >= 0.6 is 0 Å². The zero-order chi connectivity index (χ0) is 13.0. The van der Waals surface area contributed by atoms with Gasteiger partial charge in [0.25, 0.3) is 5.89 Å². The quantitative estimate of drug-likeness (QED) is 0.845. The van der Waals surface area contributed by atoms with E-state index in [0.717, 1.165) is 5.56 Å². The van der Waals surface area contributed by atoms with Gasteiger partial charge in [0.15, 0.2) is 0 Å². The second kappa shape index (κ2) is 5.37. The molecule has 2 aromatic heterocycles. The van der Waals surface area contributed by atoms with Gasteiger partial charge in [-0.15, -0.1) is 10.2 Å². The molecular formula is C11H11N3O4. The summed E-state index contributed by atoms with van der Waals surface area (Å²) in [4.78, 5) is 14.4. The average molecular weight is 249 g/mol. The first kappa shape index (κ1) is 12.2. The van der Waals surface area contributed by atoms with Crippen LogP contribution in [0.2, 0.25) is 0 Å². The Balaban J connectivity index is 2.06. The van der Waals surface area contributed by atoms with Crippen LogP contribution in [0.5, 0.6) is 0 Å². The number of hydrogen-bond acceptors (Lipinski definition) is 6. The third-order valence-electron chi connectivity index (χ3n) is 2.13. The Morgan fingerprint density at radius 3 is 3.06 bits per heavy atom. The molecule has 2 aromatic rings. The predicted molar refractivity (Wildman–Crippen MR) is 59.6 cm³/mol. The zero-order valence-corrected chi connectivity index (χ0v) is 9.66. The molecule has 0 atom stereocenters. The highest BCUT2D eigenvalue weighted by Gasteiger charge is 2.12. The molecule has 2 heterocycles. The molecule has 0 aliphatic rings. The maximum atomic E-state index is 10.3. The highest BCUT2D eigenvalue weighted by molar-refractivity contribution is 5.67. The van der Waals surface area contributed by atoms with Gasteiger partial charge < -0.3 is 14.3 Å². The average Bonchev–Trinajstić information content (AvgIpc) is 2.78. The highest BCUT2D eigenvalue weighted by atomic mass is 16.5. The number of nitrogens with zero attached hydrogens (tertiary/aromatic N) is 3. The molecule has 0 radical (unpaired) electrons. The number of ether oxygens (including phenoxy) is 1. The Bertz CT molecular complexity index is 553. The summed E-state index contributed by atoms with van der Waals surface area (Å²) in [5.41, 5.74) is 1.52. The van der Waals surface area contributed by atoms with Gasteiger partial charge in [-0.2, -0.15) is 0 Å². The van der Waals surface area contributed by atoms with Crippen molar-refractivity contribution in [3.63, 3.8) is 0 Å². The van der Waals surface area contributed by atoms with Crippen LogP contribution in [0.3, 0.4) is 0 Å². The second-order valence-corrected chi connectivity index (χ2v) is 3.56. The Labute approximate surface area is 102 Å². The van der Waals surface area contributed by atoms with E-state index in [2.05, 4.69) is 15.2 Å². The van der Waals surface area contributed by atoms with E-state index in [-0.39, 0.29) is 12.5 Å². The fourth-order valence-corrected chi connectivity index (χ4v) is 1.34. The summed E-state index contributed by atoms with van der Waals surface area (Å²) in [6, 6.07) is 3.69. The van der Waals surface area contributed by atoms with Crippen LogP contribution in [0, 0.1) is 6.92 Å². The van der Waals surface area contributed by atoms with Gasteiger partial charge in [0.2, 0.25) is 5.89 Å². The molecule has 94 valence electrons. The van der Waals surface area contributed by atoms with Gasteiger partial charge in [0.05, 0.1) is 0 Å². The molecule has 0 saturated heterocycles. The lowest BCUT2D eigenvalue weighted by atomic mass is 10.2. The van der Waals surface area contributed by atoms with Crippen LogP contribution in [-0.2, 0) is 16.1 Å². The predicted octanol–water partition coefficient (Wildman–Crippen LogP) is 1.04. The molecule has 0 aromatic carbocycles. The minimum Gasteiger partial charge on any atom is -0.480 e. The fraction of sp³-hybridized carbons (Fsp3) is 0.273.